The van der Waals surface area contributed by atoms with Gasteiger partial charge in [-0.15, -0.1) is 0 Å². The van der Waals surface area contributed by atoms with Crippen LogP contribution in [0.5, 0.6) is 0 Å². The van der Waals surface area contributed by atoms with E-state index in [1.54, 1.807) is 30.3 Å². The minimum atomic E-state index is -4.68. The number of alkyl halides is 3. The lowest BCUT2D eigenvalue weighted by atomic mass is 10.2. The summed E-state index contributed by atoms with van der Waals surface area (Å²) < 4.78 is 37.0. The summed E-state index contributed by atoms with van der Waals surface area (Å²) in [7, 11) is 0. The monoisotopic (exact) mass is 228 g/mol. The normalized spacial score (nSPS) is 16.6. The summed E-state index contributed by atoms with van der Waals surface area (Å²) in [5.74, 6) is -1.00. The van der Waals surface area contributed by atoms with E-state index in [4.69, 9.17) is 0 Å². The van der Waals surface area contributed by atoms with Crippen molar-refractivity contribution < 1.29 is 18.0 Å². The van der Waals surface area contributed by atoms with Gasteiger partial charge in [0.1, 0.15) is 6.54 Å². The third kappa shape index (κ3) is 1.91. The number of benzene rings is 1. The molecule has 6 heteroatoms. The van der Waals surface area contributed by atoms with Crippen molar-refractivity contribution in [2.75, 3.05) is 11.6 Å². The van der Waals surface area contributed by atoms with Crippen LogP contribution in [0.2, 0.25) is 0 Å². The second-order valence-electron chi connectivity index (χ2n) is 3.26. The maximum atomic E-state index is 12.3. The number of nitrogens with zero attached hydrogens (tertiary/aromatic N) is 2. The van der Waals surface area contributed by atoms with Crippen LogP contribution in [0, 0.1) is 0 Å². The molecule has 1 heterocycles. The van der Waals surface area contributed by atoms with E-state index < -0.39 is 17.7 Å². The van der Waals surface area contributed by atoms with Crippen LogP contribution >= 0.6 is 0 Å². The molecule has 0 saturated heterocycles. The van der Waals surface area contributed by atoms with Crippen molar-refractivity contribution in [3.05, 3.63) is 30.3 Å². The summed E-state index contributed by atoms with van der Waals surface area (Å²) in [6, 6.07) is 8.25. The molecule has 2 rings (SSSR count). The molecule has 0 radical (unpaired) electrons. The predicted molar refractivity (Wildman–Crippen MR) is 52.3 cm³/mol. The highest BCUT2D eigenvalue weighted by atomic mass is 19.4. The van der Waals surface area contributed by atoms with Gasteiger partial charge in [0, 0.05) is 0 Å². The smallest absolute Gasteiger partial charge is 0.290 e. The summed E-state index contributed by atoms with van der Waals surface area (Å²) in [6.45, 7) is -0.362. The van der Waals surface area contributed by atoms with Crippen LogP contribution in [0.25, 0.3) is 0 Å². The standard InChI is InChI=1S/C10H7F3N2O/c11-10(12,13)9-8(16)6-15(14-9)7-4-2-1-3-5-7/h1-5H,6H2. The fraction of sp³-hybridized carbons (Fsp3) is 0.200. The largest absolute Gasteiger partial charge is 0.438 e. The van der Waals surface area contributed by atoms with Gasteiger partial charge in [-0.05, 0) is 12.1 Å². The average molecular weight is 228 g/mol. The van der Waals surface area contributed by atoms with Crippen molar-refractivity contribution in [1.82, 2.24) is 0 Å². The molecule has 0 atom stereocenters. The molecule has 1 aromatic rings. The minimum absolute atomic E-state index is 0.362. The highest BCUT2D eigenvalue weighted by molar-refractivity contribution is 6.44. The molecule has 0 amide bonds. The molecule has 0 saturated carbocycles. The summed E-state index contributed by atoms with van der Waals surface area (Å²) in [5, 5.41) is 4.33. The maximum Gasteiger partial charge on any atom is 0.438 e. The zero-order chi connectivity index (χ0) is 11.8. The lowest BCUT2D eigenvalue weighted by Crippen LogP contribution is -2.29. The Morgan fingerprint density at radius 2 is 1.81 bits per heavy atom. The fourth-order valence-corrected chi connectivity index (χ4v) is 1.39. The number of rotatable bonds is 1. The molecule has 0 unspecified atom stereocenters. The van der Waals surface area contributed by atoms with Gasteiger partial charge < -0.3 is 0 Å². The number of carbonyl (C=O) groups excluding carboxylic acids is 1. The van der Waals surface area contributed by atoms with Gasteiger partial charge >= 0.3 is 6.18 Å². The predicted octanol–water partition coefficient (Wildman–Crippen LogP) is 1.99. The average Bonchev–Trinajstić information content (AvgIpc) is 2.61. The molecular weight excluding hydrogens is 221 g/mol. The first-order valence-corrected chi connectivity index (χ1v) is 4.50. The Hall–Kier alpha value is -1.85. The Balaban J connectivity index is 2.30. The molecule has 1 aliphatic rings. The van der Waals surface area contributed by atoms with Crippen molar-refractivity contribution >= 4 is 17.2 Å². The van der Waals surface area contributed by atoms with Gasteiger partial charge in [0.2, 0.25) is 11.5 Å². The van der Waals surface area contributed by atoms with E-state index >= 15 is 0 Å². The fourth-order valence-electron chi connectivity index (χ4n) is 1.39. The van der Waals surface area contributed by atoms with Crippen molar-refractivity contribution in [2.24, 2.45) is 5.10 Å². The zero-order valence-electron chi connectivity index (χ0n) is 8.03. The van der Waals surface area contributed by atoms with Crippen LogP contribution in [-0.4, -0.2) is 24.2 Å². The third-order valence-corrected chi connectivity index (χ3v) is 2.10. The lowest BCUT2D eigenvalue weighted by Gasteiger charge is -2.11. The Labute approximate surface area is 89.2 Å². The van der Waals surface area contributed by atoms with E-state index in [0.29, 0.717) is 5.69 Å². The quantitative estimate of drug-likeness (QED) is 0.736. The molecule has 3 nitrogen and oxygen atoms in total. The van der Waals surface area contributed by atoms with Gasteiger partial charge in [0.25, 0.3) is 0 Å². The SMILES string of the molecule is O=C1CN(c2ccccc2)N=C1C(F)(F)F. The molecule has 0 spiro atoms. The van der Waals surface area contributed by atoms with Crippen LogP contribution in [0.15, 0.2) is 35.4 Å². The Morgan fingerprint density at radius 3 is 2.31 bits per heavy atom. The van der Waals surface area contributed by atoms with E-state index in [0.717, 1.165) is 5.01 Å². The van der Waals surface area contributed by atoms with E-state index in [9.17, 15) is 18.0 Å². The molecule has 1 aliphatic heterocycles. The van der Waals surface area contributed by atoms with Gasteiger partial charge in [-0.1, -0.05) is 18.2 Å². The number of hydrazone groups is 1. The lowest BCUT2D eigenvalue weighted by molar-refractivity contribution is -0.115. The van der Waals surface area contributed by atoms with Gasteiger partial charge in [-0.25, -0.2) is 0 Å². The van der Waals surface area contributed by atoms with Crippen LogP contribution in [0.4, 0.5) is 18.9 Å². The first kappa shape index (κ1) is 10.7. The number of hydrogen-bond donors (Lipinski definition) is 0. The van der Waals surface area contributed by atoms with Crippen LogP contribution < -0.4 is 5.01 Å². The summed E-state index contributed by atoms with van der Waals surface area (Å²) in [4.78, 5) is 11.1. The Morgan fingerprint density at radius 1 is 1.19 bits per heavy atom. The molecule has 0 aliphatic carbocycles. The van der Waals surface area contributed by atoms with Crippen molar-refractivity contribution in [3.8, 4) is 0 Å². The molecule has 0 bridgehead atoms. The molecule has 0 N–H and O–H groups in total. The molecule has 0 aromatic heterocycles. The van der Waals surface area contributed by atoms with Crippen LogP contribution in [-0.2, 0) is 4.79 Å². The van der Waals surface area contributed by atoms with Gasteiger partial charge in [-0.3, -0.25) is 9.80 Å². The van der Waals surface area contributed by atoms with E-state index in [1.807, 2.05) is 0 Å². The number of anilines is 1. The van der Waals surface area contributed by atoms with Gasteiger partial charge in [0.15, 0.2) is 0 Å². The van der Waals surface area contributed by atoms with E-state index in [2.05, 4.69) is 5.10 Å². The van der Waals surface area contributed by atoms with Gasteiger partial charge in [0.05, 0.1) is 5.69 Å². The number of halogens is 3. The summed E-state index contributed by atoms with van der Waals surface area (Å²) in [6.07, 6.45) is -4.68. The second kappa shape index (κ2) is 3.62. The first-order chi connectivity index (χ1) is 7.48. The molecule has 16 heavy (non-hydrogen) atoms. The van der Waals surface area contributed by atoms with Crippen molar-refractivity contribution in [3.63, 3.8) is 0 Å². The van der Waals surface area contributed by atoms with Crippen molar-refractivity contribution in [2.45, 2.75) is 6.18 Å². The molecule has 1 aromatic carbocycles. The highest BCUT2D eigenvalue weighted by Crippen LogP contribution is 2.25. The number of Topliss-reactive ketones (excluding diaryl/α,β-unsaturated/α-hetero) is 1. The number of carbonyl (C=O) groups is 1. The van der Waals surface area contributed by atoms with Crippen LogP contribution in [0.3, 0.4) is 0 Å². The molecule has 0 fully saturated rings. The first-order valence-electron chi connectivity index (χ1n) is 4.50. The number of hydrogen-bond acceptors (Lipinski definition) is 3. The van der Waals surface area contributed by atoms with Gasteiger partial charge in [-0.2, -0.15) is 18.3 Å². The topological polar surface area (TPSA) is 32.7 Å². The third-order valence-electron chi connectivity index (χ3n) is 2.10. The maximum absolute atomic E-state index is 12.3. The Kier molecular flexibility index (Phi) is 2.41. The number of ketones is 1. The highest BCUT2D eigenvalue weighted by Gasteiger charge is 2.45. The second-order valence-corrected chi connectivity index (χ2v) is 3.26. The Bertz CT molecular complexity index is 439. The minimum Gasteiger partial charge on any atom is -0.290 e. The van der Waals surface area contributed by atoms with Crippen molar-refractivity contribution in [1.29, 1.82) is 0 Å². The zero-order valence-corrected chi connectivity index (χ0v) is 8.03. The van der Waals surface area contributed by atoms with E-state index in [1.165, 1.54) is 0 Å². The molecular formula is C10H7F3N2O. The number of para-hydroxylation sites is 1. The van der Waals surface area contributed by atoms with Crippen LogP contribution in [0.1, 0.15) is 0 Å². The van der Waals surface area contributed by atoms with E-state index in [-0.39, 0.29) is 6.54 Å². The summed E-state index contributed by atoms with van der Waals surface area (Å²) >= 11 is 0. The molecule has 84 valence electrons. The summed E-state index contributed by atoms with van der Waals surface area (Å²) in [5.41, 5.74) is -0.869.